The maximum absolute atomic E-state index is 11.6. The quantitative estimate of drug-likeness (QED) is 0.714. The zero-order chi connectivity index (χ0) is 10.6. The van der Waals surface area contributed by atoms with Gasteiger partial charge in [-0.3, -0.25) is 4.79 Å². The highest BCUT2D eigenvalue weighted by atomic mass is 16.2. The Morgan fingerprint density at radius 1 is 1.31 bits per heavy atom. The second-order valence-electron chi connectivity index (χ2n) is 4.38. The molecule has 0 heterocycles. The molecule has 0 fully saturated rings. The van der Waals surface area contributed by atoms with Gasteiger partial charge < -0.3 is 10.6 Å². The van der Waals surface area contributed by atoms with Gasteiger partial charge in [0.2, 0.25) is 5.91 Å². The van der Waals surface area contributed by atoms with E-state index in [1.165, 1.54) is 0 Å². The van der Waals surface area contributed by atoms with Gasteiger partial charge in [0.1, 0.15) is 0 Å². The fraction of sp³-hybridized carbons (Fsp3) is 0.900. The van der Waals surface area contributed by atoms with E-state index in [4.69, 9.17) is 5.73 Å². The molecule has 1 amide bonds. The van der Waals surface area contributed by atoms with Crippen LogP contribution in [-0.2, 0) is 4.79 Å². The van der Waals surface area contributed by atoms with Crippen LogP contribution >= 0.6 is 0 Å². The lowest BCUT2D eigenvalue weighted by molar-refractivity contribution is -0.132. The number of rotatable bonds is 4. The predicted octanol–water partition coefficient (Wildman–Crippen LogP) is 1.08. The van der Waals surface area contributed by atoms with E-state index < -0.39 is 0 Å². The first-order valence-electron chi connectivity index (χ1n) is 4.86. The van der Waals surface area contributed by atoms with Crippen molar-refractivity contribution in [3.63, 3.8) is 0 Å². The number of hydrogen-bond acceptors (Lipinski definition) is 2. The third-order valence-electron chi connectivity index (χ3n) is 2.02. The van der Waals surface area contributed by atoms with E-state index in [0.717, 1.165) is 6.54 Å². The van der Waals surface area contributed by atoms with Crippen LogP contribution in [0.1, 0.15) is 27.7 Å². The summed E-state index contributed by atoms with van der Waals surface area (Å²) >= 11 is 0. The molecule has 0 aromatic carbocycles. The van der Waals surface area contributed by atoms with Crippen molar-refractivity contribution in [3.05, 3.63) is 0 Å². The Morgan fingerprint density at radius 2 is 1.77 bits per heavy atom. The van der Waals surface area contributed by atoms with E-state index in [-0.39, 0.29) is 17.9 Å². The molecule has 0 rings (SSSR count). The highest BCUT2D eigenvalue weighted by Gasteiger charge is 2.20. The highest BCUT2D eigenvalue weighted by molar-refractivity contribution is 5.81. The Hall–Kier alpha value is -0.570. The first kappa shape index (κ1) is 12.4. The molecule has 13 heavy (non-hydrogen) atoms. The Balaban J connectivity index is 4.09. The molecule has 0 aliphatic carbocycles. The van der Waals surface area contributed by atoms with Gasteiger partial charge >= 0.3 is 0 Å². The molecule has 0 aliphatic rings. The average molecular weight is 186 g/mol. The minimum absolute atomic E-state index is 0.0451. The minimum atomic E-state index is -0.358. The molecule has 0 unspecified atom stereocenters. The van der Waals surface area contributed by atoms with Crippen LogP contribution in [0, 0.1) is 11.8 Å². The van der Waals surface area contributed by atoms with Crippen molar-refractivity contribution < 1.29 is 4.79 Å². The van der Waals surface area contributed by atoms with Gasteiger partial charge in [0, 0.05) is 13.6 Å². The first-order chi connectivity index (χ1) is 5.86. The first-order valence-corrected chi connectivity index (χ1v) is 4.86. The van der Waals surface area contributed by atoms with Gasteiger partial charge in [-0.15, -0.1) is 0 Å². The minimum Gasteiger partial charge on any atom is -0.344 e. The van der Waals surface area contributed by atoms with Gasteiger partial charge in [-0.05, 0) is 11.8 Å². The molecule has 0 saturated heterocycles. The second kappa shape index (κ2) is 5.22. The lowest BCUT2D eigenvalue weighted by Crippen LogP contribution is -2.45. The molecule has 0 aromatic heterocycles. The normalized spacial score (nSPS) is 13.5. The van der Waals surface area contributed by atoms with Gasteiger partial charge in [-0.2, -0.15) is 0 Å². The summed E-state index contributed by atoms with van der Waals surface area (Å²) in [6, 6.07) is -0.358. The van der Waals surface area contributed by atoms with Crippen LogP contribution in [0.25, 0.3) is 0 Å². The fourth-order valence-electron chi connectivity index (χ4n) is 1.18. The fourth-order valence-corrected chi connectivity index (χ4v) is 1.18. The Morgan fingerprint density at radius 3 is 2.08 bits per heavy atom. The van der Waals surface area contributed by atoms with E-state index in [1.54, 1.807) is 4.90 Å². The number of amides is 1. The van der Waals surface area contributed by atoms with E-state index >= 15 is 0 Å². The molecule has 1 atom stereocenters. The molecule has 0 bridgehead atoms. The summed E-state index contributed by atoms with van der Waals surface area (Å²) in [5.74, 6) is 0.749. The van der Waals surface area contributed by atoms with E-state index in [1.807, 2.05) is 20.9 Å². The number of carbonyl (C=O) groups is 1. The van der Waals surface area contributed by atoms with Gasteiger partial charge in [-0.25, -0.2) is 0 Å². The molecule has 0 spiro atoms. The third-order valence-corrected chi connectivity index (χ3v) is 2.02. The van der Waals surface area contributed by atoms with Crippen LogP contribution in [-0.4, -0.2) is 30.4 Å². The molecule has 0 saturated carbocycles. The van der Waals surface area contributed by atoms with Crippen LogP contribution in [0.5, 0.6) is 0 Å². The lowest BCUT2D eigenvalue weighted by atomic mass is 10.0. The molecule has 2 N–H and O–H groups in total. The average Bonchev–Trinajstić information content (AvgIpc) is 2.00. The summed E-state index contributed by atoms with van der Waals surface area (Å²) in [6.45, 7) is 8.88. The zero-order valence-electron chi connectivity index (χ0n) is 9.37. The molecule has 78 valence electrons. The Bertz CT molecular complexity index is 166. The summed E-state index contributed by atoms with van der Waals surface area (Å²) in [5, 5.41) is 0. The topological polar surface area (TPSA) is 46.3 Å². The number of likely N-dealkylation sites (N-methyl/N-ethyl adjacent to an activating group) is 1. The lowest BCUT2D eigenvalue weighted by Gasteiger charge is -2.24. The molecule has 3 heteroatoms. The maximum Gasteiger partial charge on any atom is 0.239 e. The molecule has 0 aliphatic heterocycles. The zero-order valence-corrected chi connectivity index (χ0v) is 9.37. The number of nitrogens with zero attached hydrogens (tertiary/aromatic N) is 1. The van der Waals surface area contributed by atoms with Crippen molar-refractivity contribution in [2.24, 2.45) is 17.6 Å². The summed E-state index contributed by atoms with van der Waals surface area (Å²) in [4.78, 5) is 13.3. The summed E-state index contributed by atoms with van der Waals surface area (Å²) in [7, 11) is 1.81. The van der Waals surface area contributed by atoms with Crippen molar-refractivity contribution in [2.45, 2.75) is 33.7 Å². The van der Waals surface area contributed by atoms with Gasteiger partial charge in [0.15, 0.2) is 0 Å². The van der Waals surface area contributed by atoms with Gasteiger partial charge in [-0.1, -0.05) is 27.7 Å². The molecular weight excluding hydrogens is 164 g/mol. The molecule has 0 radical (unpaired) electrons. The molecule has 3 nitrogen and oxygen atoms in total. The van der Waals surface area contributed by atoms with Crippen LogP contribution in [0.3, 0.4) is 0 Å². The van der Waals surface area contributed by atoms with Crippen molar-refractivity contribution >= 4 is 5.91 Å². The van der Waals surface area contributed by atoms with Crippen LogP contribution in [0.2, 0.25) is 0 Å². The highest BCUT2D eigenvalue weighted by Crippen LogP contribution is 2.04. The predicted molar refractivity (Wildman–Crippen MR) is 55.3 cm³/mol. The van der Waals surface area contributed by atoms with Crippen molar-refractivity contribution in [3.8, 4) is 0 Å². The molecular formula is C10H22N2O. The van der Waals surface area contributed by atoms with Crippen LogP contribution in [0.15, 0.2) is 0 Å². The van der Waals surface area contributed by atoms with Crippen LogP contribution in [0.4, 0.5) is 0 Å². The summed E-state index contributed by atoms with van der Waals surface area (Å²) < 4.78 is 0. The van der Waals surface area contributed by atoms with Gasteiger partial charge in [0.25, 0.3) is 0 Å². The largest absolute Gasteiger partial charge is 0.344 e. The van der Waals surface area contributed by atoms with Crippen LogP contribution < -0.4 is 5.73 Å². The number of nitrogens with two attached hydrogens (primary N) is 1. The van der Waals surface area contributed by atoms with Gasteiger partial charge in [0.05, 0.1) is 6.04 Å². The summed E-state index contributed by atoms with van der Waals surface area (Å²) in [5.41, 5.74) is 5.75. The maximum atomic E-state index is 11.6. The van der Waals surface area contributed by atoms with E-state index in [2.05, 4.69) is 13.8 Å². The van der Waals surface area contributed by atoms with E-state index in [0.29, 0.717) is 5.92 Å². The summed E-state index contributed by atoms with van der Waals surface area (Å²) in [6.07, 6.45) is 0. The van der Waals surface area contributed by atoms with Crippen molar-refractivity contribution in [1.29, 1.82) is 0 Å². The molecule has 0 aromatic rings. The standard InChI is InChI=1S/C10H22N2O/c1-7(2)6-12(5)10(13)9(11)8(3)4/h7-9H,6,11H2,1-5H3/t9-/m1/s1. The van der Waals surface area contributed by atoms with Crippen molar-refractivity contribution in [2.75, 3.05) is 13.6 Å². The smallest absolute Gasteiger partial charge is 0.239 e. The Labute approximate surface area is 81.3 Å². The number of carbonyl (C=O) groups excluding carboxylic acids is 1. The van der Waals surface area contributed by atoms with E-state index in [9.17, 15) is 4.79 Å². The third kappa shape index (κ3) is 4.27. The number of hydrogen-bond donors (Lipinski definition) is 1. The SMILES string of the molecule is CC(C)CN(C)C(=O)[C@H](N)C(C)C. The Kier molecular flexibility index (Phi) is 4.99. The van der Waals surface area contributed by atoms with Crippen molar-refractivity contribution in [1.82, 2.24) is 4.90 Å². The second-order valence-corrected chi connectivity index (χ2v) is 4.38. The monoisotopic (exact) mass is 186 g/mol.